The summed E-state index contributed by atoms with van der Waals surface area (Å²) in [6.45, 7) is 2.65. The molecule has 1 aliphatic heterocycles. The molecule has 22 heavy (non-hydrogen) atoms. The minimum atomic E-state index is -0.118. The van der Waals surface area contributed by atoms with E-state index >= 15 is 0 Å². The molecule has 1 atom stereocenters. The number of pyridine rings is 1. The molecule has 116 valence electrons. The lowest BCUT2D eigenvalue weighted by atomic mass is 10.2. The largest absolute Gasteiger partial charge is 0.493 e. The summed E-state index contributed by atoms with van der Waals surface area (Å²) in [7, 11) is 1.58. The number of hydrogen-bond acceptors (Lipinski definition) is 4. The maximum atomic E-state index is 12.6. The SMILES string of the molecule is COc1ccc(C)nc1NC(=O)N1CCC[C@@H]1c1cccs1. The Morgan fingerprint density at radius 2 is 2.32 bits per heavy atom. The van der Waals surface area contributed by atoms with Crippen LogP contribution in [0.1, 0.15) is 29.5 Å². The second-order valence-corrected chi connectivity index (χ2v) is 6.28. The first-order chi connectivity index (χ1) is 10.7. The number of carbonyl (C=O) groups is 1. The van der Waals surface area contributed by atoms with Gasteiger partial charge in [0.05, 0.1) is 13.2 Å². The summed E-state index contributed by atoms with van der Waals surface area (Å²) >= 11 is 1.70. The van der Waals surface area contributed by atoms with E-state index in [4.69, 9.17) is 4.74 Å². The highest BCUT2D eigenvalue weighted by atomic mass is 32.1. The highest BCUT2D eigenvalue weighted by Crippen LogP contribution is 2.35. The molecule has 2 aromatic rings. The Balaban J connectivity index is 1.78. The van der Waals surface area contributed by atoms with Gasteiger partial charge in [0.1, 0.15) is 0 Å². The Labute approximate surface area is 133 Å². The molecule has 0 unspecified atom stereocenters. The van der Waals surface area contributed by atoms with Gasteiger partial charge in [-0.2, -0.15) is 0 Å². The first-order valence-corrected chi connectivity index (χ1v) is 8.19. The van der Waals surface area contributed by atoms with E-state index in [0.29, 0.717) is 11.6 Å². The van der Waals surface area contributed by atoms with Crippen LogP contribution < -0.4 is 10.1 Å². The average molecular weight is 317 g/mol. The zero-order valence-electron chi connectivity index (χ0n) is 12.7. The summed E-state index contributed by atoms with van der Waals surface area (Å²) in [5.41, 5.74) is 0.840. The summed E-state index contributed by atoms with van der Waals surface area (Å²) in [6.07, 6.45) is 2.03. The molecule has 0 spiro atoms. The van der Waals surface area contributed by atoms with Crippen LogP contribution >= 0.6 is 11.3 Å². The van der Waals surface area contributed by atoms with Crippen LogP contribution in [0.15, 0.2) is 29.6 Å². The maximum Gasteiger partial charge on any atom is 0.323 e. The predicted octanol–water partition coefficient (Wildman–Crippen LogP) is 3.83. The van der Waals surface area contributed by atoms with Gasteiger partial charge >= 0.3 is 6.03 Å². The second kappa shape index (κ2) is 6.36. The molecule has 0 saturated carbocycles. The van der Waals surface area contributed by atoms with E-state index < -0.39 is 0 Å². The van der Waals surface area contributed by atoms with Gasteiger partial charge in [0.15, 0.2) is 11.6 Å². The number of ether oxygens (including phenoxy) is 1. The fourth-order valence-electron chi connectivity index (χ4n) is 2.76. The molecular formula is C16H19N3O2S. The fourth-order valence-corrected chi connectivity index (χ4v) is 3.63. The Kier molecular flexibility index (Phi) is 4.29. The topological polar surface area (TPSA) is 54.5 Å². The molecular weight excluding hydrogens is 298 g/mol. The van der Waals surface area contributed by atoms with Gasteiger partial charge in [-0.05, 0) is 43.3 Å². The number of nitrogens with one attached hydrogen (secondary N) is 1. The van der Waals surface area contributed by atoms with Crippen LogP contribution in [0.5, 0.6) is 5.75 Å². The van der Waals surface area contributed by atoms with E-state index in [1.54, 1.807) is 18.4 Å². The number of carbonyl (C=O) groups excluding carboxylic acids is 1. The Morgan fingerprint density at radius 1 is 1.45 bits per heavy atom. The number of amides is 2. The van der Waals surface area contributed by atoms with Gasteiger partial charge in [0.2, 0.25) is 0 Å². The quantitative estimate of drug-likeness (QED) is 0.936. The van der Waals surface area contributed by atoms with Crippen molar-refractivity contribution >= 4 is 23.2 Å². The van der Waals surface area contributed by atoms with Crippen LogP contribution in [0.3, 0.4) is 0 Å². The number of anilines is 1. The molecule has 2 amide bonds. The van der Waals surface area contributed by atoms with Crippen molar-refractivity contribution in [1.82, 2.24) is 9.88 Å². The standard InChI is InChI=1S/C16H19N3O2S/c1-11-7-8-13(21-2)15(17-11)18-16(20)19-9-3-5-12(19)14-6-4-10-22-14/h4,6-8,10,12H,3,5,9H2,1-2H3,(H,17,18,20)/t12-/m1/s1. The zero-order chi connectivity index (χ0) is 15.5. The lowest BCUT2D eigenvalue weighted by molar-refractivity contribution is 0.207. The summed E-state index contributed by atoms with van der Waals surface area (Å²) < 4.78 is 5.27. The first kappa shape index (κ1) is 14.8. The van der Waals surface area contributed by atoms with Gasteiger partial charge in [-0.25, -0.2) is 9.78 Å². The van der Waals surface area contributed by atoms with Gasteiger partial charge in [-0.1, -0.05) is 6.07 Å². The van der Waals surface area contributed by atoms with E-state index in [9.17, 15) is 4.79 Å². The van der Waals surface area contributed by atoms with Crippen molar-refractivity contribution in [3.05, 3.63) is 40.2 Å². The van der Waals surface area contributed by atoms with Crippen LogP contribution in [0, 0.1) is 6.92 Å². The van der Waals surface area contributed by atoms with Crippen molar-refractivity contribution in [1.29, 1.82) is 0 Å². The lowest BCUT2D eigenvalue weighted by Gasteiger charge is -2.24. The minimum absolute atomic E-state index is 0.118. The summed E-state index contributed by atoms with van der Waals surface area (Å²) in [5, 5.41) is 4.94. The third kappa shape index (κ3) is 2.92. The smallest absolute Gasteiger partial charge is 0.323 e. The average Bonchev–Trinajstić information content (AvgIpc) is 3.18. The molecule has 1 fully saturated rings. The second-order valence-electron chi connectivity index (χ2n) is 5.30. The van der Waals surface area contributed by atoms with Crippen molar-refractivity contribution in [2.45, 2.75) is 25.8 Å². The monoisotopic (exact) mass is 317 g/mol. The van der Waals surface area contributed by atoms with E-state index in [1.165, 1.54) is 4.88 Å². The molecule has 1 N–H and O–H groups in total. The normalized spacial score (nSPS) is 17.5. The van der Waals surface area contributed by atoms with E-state index in [1.807, 2.05) is 30.0 Å². The van der Waals surface area contributed by atoms with Crippen molar-refractivity contribution in [3.63, 3.8) is 0 Å². The third-order valence-corrected chi connectivity index (χ3v) is 4.80. The molecule has 6 heteroatoms. The lowest BCUT2D eigenvalue weighted by Crippen LogP contribution is -2.34. The van der Waals surface area contributed by atoms with Gasteiger partial charge in [0, 0.05) is 17.1 Å². The van der Waals surface area contributed by atoms with Gasteiger partial charge in [-0.15, -0.1) is 11.3 Å². The highest BCUT2D eigenvalue weighted by Gasteiger charge is 2.31. The highest BCUT2D eigenvalue weighted by molar-refractivity contribution is 7.10. The molecule has 2 aromatic heterocycles. The summed E-state index contributed by atoms with van der Waals surface area (Å²) in [6, 6.07) is 7.84. The van der Waals surface area contributed by atoms with Crippen molar-refractivity contribution in [2.75, 3.05) is 19.0 Å². The molecule has 0 radical (unpaired) electrons. The molecule has 3 heterocycles. The first-order valence-electron chi connectivity index (χ1n) is 7.31. The van der Waals surface area contributed by atoms with Gasteiger partial charge in [0.25, 0.3) is 0 Å². The Bertz CT molecular complexity index is 657. The number of aryl methyl sites for hydroxylation is 1. The number of hydrogen-bond donors (Lipinski definition) is 1. The predicted molar refractivity (Wildman–Crippen MR) is 87.5 cm³/mol. The summed E-state index contributed by atoms with van der Waals surface area (Å²) in [4.78, 5) is 20.1. The van der Waals surface area contributed by atoms with Crippen LogP contribution in [0.2, 0.25) is 0 Å². The van der Waals surface area contributed by atoms with Crippen LogP contribution in [-0.4, -0.2) is 29.6 Å². The van der Waals surface area contributed by atoms with Crippen LogP contribution in [-0.2, 0) is 0 Å². The maximum absolute atomic E-state index is 12.6. The third-order valence-electron chi connectivity index (χ3n) is 3.83. The Morgan fingerprint density at radius 3 is 3.05 bits per heavy atom. The summed E-state index contributed by atoms with van der Waals surface area (Å²) in [5.74, 6) is 1.05. The molecule has 3 rings (SSSR count). The van der Waals surface area contributed by atoms with Gasteiger partial charge < -0.3 is 9.64 Å². The van der Waals surface area contributed by atoms with Crippen molar-refractivity contribution < 1.29 is 9.53 Å². The molecule has 0 aliphatic carbocycles. The molecule has 0 aromatic carbocycles. The van der Waals surface area contributed by atoms with Crippen molar-refractivity contribution in [3.8, 4) is 5.75 Å². The molecule has 1 aliphatic rings. The molecule has 5 nitrogen and oxygen atoms in total. The number of thiophene rings is 1. The number of nitrogens with zero attached hydrogens (tertiary/aromatic N) is 2. The Hall–Kier alpha value is -2.08. The minimum Gasteiger partial charge on any atom is -0.493 e. The molecule has 0 bridgehead atoms. The van der Waals surface area contributed by atoms with Crippen LogP contribution in [0.25, 0.3) is 0 Å². The van der Waals surface area contributed by atoms with E-state index in [-0.39, 0.29) is 12.1 Å². The number of likely N-dealkylation sites (tertiary alicyclic amines) is 1. The zero-order valence-corrected chi connectivity index (χ0v) is 13.5. The number of aromatic nitrogens is 1. The number of methoxy groups -OCH3 is 1. The number of rotatable bonds is 3. The van der Waals surface area contributed by atoms with E-state index in [2.05, 4.69) is 21.7 Å². The van der Waals surface area contributed by atoms with Gasteiger partial charge in [-0.3, -0.25) is 5.32 Å². The number of urea groups is 1. The molecule has 1 saturated heterocycles. The fraction of sp³-hybridized carbons (Fsp3) is 0.375. The van der Waals surface area contributed by atoms with E-state index in [0.717, 1.165) is 25.1 Å². The van der Waals surface area contributed by atoms with Crippen molar-refractivity contribution in [2.24, 2.45) is 0 Å². The van der Waals surface area contributed by atoms with Crippen LogP contribution in [0.4, 0.5) is 10.6 Å².